The number of ether oxygens (including phenoxy) is 1. The van der Waals surface area contributed by atoms with E-state index >= 15 is 0 Å². The van der Waals surface area contributed by atoms with Crippen molar-refractivity contribution in [3.05, 3.63) is 65.7 Å². The van der Waals surface area contributed by atoms with Gasteiger partial charge in [0.25, 0.3) is 0 Å². The quantitative estimate of drug-likeness (QED) is 0.654. The molecule has 2 aromatic rings. The number of nitrogens with one attached hydrogen (secondary N) is 1. The van der Waals surface area contributed by atoms with Gasteiger partial charge in [0.15, 0.2) is 0 Å². The molecule has 5 nitrogen and oxygen atoms in total. The van der Waals surface area contributed by atoms with Gasteiger partial charge in [-0.25, -0.2) is 0 Å². The molecule has 0 aliphatic carbocycles. The summed E-state index contributed by atoms with van der Waals surface area (Å²) in [5.41, 5.74) is 13.4. The van der Waals surface area contributed by atoms with E-state index < -0.39 is 6.04 Å². The van der Waals surface area contributed by atoms with Gasteiger partial charge in [0.05, 0.1) is 12.1 Å². The van der Waals surface area contributed by atoms with E-state index in [9.17, 15) is 4.79 Å². The molecule has 0 saturated carbocycles. The third-order valence-corrected chi connectivity index (χ3v) is 4.04. The van der Waals surface area contributed by atoms with Gasteiger partial charge < -0.3 is 21.5 Å². The van der Waals surface area contributed by atoms with E-state index in [2.05, 4.69) is 5.32 Å². The Morgan fingerprint density at radius 1 is 1.12 bits per heavy atom. The molecular formula is C20H27N3O2. The summed E-state index contributed by atoms with van der Waals surface area (Å²) in [5.74, 6) is 0.649. The molecule has 2 aromatic carbocycles. The fourth-order valence-corrected chi connectivity index (χ4v) is 2.47. The summed E-state index contributed by atoms with van der Waals surface area (Å²) in [6.07, 6.45) is 1.34. The molecule has 5 N–H and O–H groups in total. The zero-order valence-electron chi connectivity index (χ0n) is 14.7. The first kappa shape index (κ1) is 19.0. The zero-order valence-corrected chi connectivity index (χ0v) is 14.7. The monoisotopic (exact) mass is 341 g/mol. The Kier molecular flexibility index (Phi) is 7.44. The van der Waals surface area contributed by atoms with E-state index in [1.54, 1.807) is 0 Å². The summed E-state index contributed by atoms with van der Waals surface area (Å²) in [4.78, 5) is 12.1. The van der Waals surface area contributed by atoms with Crippen molar-refractivity contribution in [3.63, 3.8) is 0 Å². The first-order chi connectivity index (χ1) is 12.1. The van der Waals surface area contributed by atoms with Crippen LogP contribution in [-0.2, 0) is 11.4 Å². The highest BCUT2D eigenvalue weighted by Gasteiger charge is 2.16. The molecule has 1 amide bonds. The molecule has 0 heterocycles. The zero-order chi connectivity index (χ0) is 18.1. The van der Waals surface area contributed by atoms with Gasteiger partial charge in [0, 0.05) is 0 Å². The average Bonchev–Trinajstić information content (AvgIpc) is 2.65. The third-order valence-electron chi connectivity index (χ3n) is 4.04. The number of carbonyl (C=O) groups excluding carboxylic acids is 1. The molecule has 134 valence electrons. The minimum absolute atomic E-state index is 0.111. The van der Waals surface area contributed by atoms with Gasteiger partial charge in [0.1, 0.15) is 12.4 Å². The van der Waals surface area contributed by atoms with Crippen LogP contribution < -0.4 is 21.5 Å². The largest absolute Gasteiger partial charge is 0.489 e. The predicted octanol–water partition coefficient (Wildman–Crippen LogP) is 2.51. The van der Waals surface area contributed by atoms with E-state index in [1.807, 2.05) is 61.5 Å². The van der Waals surface area contributed by atoms with Crippen molar-refractivity contribution in [2.24, 2.45) is 11.5 Å². The van der Waals surface area contributed by atoms with Crippen molar-refractivity contribution in [2.75, 3.05) is 6.54 Å². The number of carbonyl (C=O) groups is 1. The Morgan fingerprint density at radius 2 is 1.80 bits per heavy atom. The standard InChI is InChI=1S/C20H27N3O2/c1-15(23-20(24)19(22)8-5-13-21)17-9-11-18(12-10-17)25-14-16-6-3-2-4-7-16/h2-4,6-7,9-12,15,19H,5,8,13-14,21-22H2,1H3,(H,23,24). The molecule has 2 unspecified atom stereocenters. The van der Waals surface area contributed by atoms with Crippen LogP contribution in [0.2, 0.25) is 0 Å². The molecule has 5 heteroatoms. The highest BCUT2D eigenvalue weighted by atomic mass is 16.5. The highest BCUT2D eigenvalue weighted by molar-refractivity contribution is 5.81. The van der Waals surface area contributed by atoms with E-state index in [0.717, 1.165) is 23.3 Å². The summed E-state index contributed by atoms with van der Waals surface area (Å²) >= 11 is 0. The fourth-order valence-electron chi connectivity index (χ4n) is 2.47. The Bertz CT molecular complexity index is 644. The predicted molar refractivity (Wildman–Crippen MR) is 100 cm³/mol. The normalized spacial score (nSPS) is 13.1. The average molecular weight is 341 g/mol. The summed E-state index contributed by atoms with van der Waals surface area (Å²) in [7, 11) is 0. The first-order valence-electron chi connectivity index (χ1n) is 8.63. The van der Waals surface area contributed by atoms with Crippen molar-refractivity contribution in [2.45, 2.75) is 38.5 Å². The smallest absolute Gasteiger partial charge is 0.237 e. The molecular weight excluding hydrogens is 314 g/mol. The summed E-state index contributed by atoms with van der Waals surface area (Å²) < 4.78 is 5.77. The maximum Gasteiger partial charge on any atom is 0.237 e. The van der Waals surface area contributed by atoms with Gasteiger partial charge in [0.2, 0.25) is 5.91 Å². The Labute approximate surface area is 149 Å². The Hall–Kier alpha value is -2.37. The lowest BCUT2D eigenvalue weighted by Crippen LogP contribution is -2.41. The number of benzene rings is 2. The molecule has 25 heavy (non-hydrogen) atoms. The summed E-state index contributed by atoms with van der Waals surface area (Å²) in [6.45, 7) is 3.01. The second kappa shape index (κ2) is 9.81. The van der Waals surface area contributed by atoms with Gasteiger partial charge in [-0.3, -0.25) is 4.79 Å². The lowest BCUT2D eigenvalue weighted by atomic mass is 10.1. The SMILES string of the molecule is CC(NC(=O)C(N)CCCN)c1ccc(OCc2ccccc2)cc1. The molecule has 0 aliphatic heterocycles. The minimum atomic E-state index is -0.514. The van der Waals surface area contributed by atoms with Crippen LogP contribution in [0, 0.1) is 0 Å². The number of nitrogens with two attached hydrogens (primary N) is 2. The Morgan fingerprint density at radius 3 is 2.44 bits per heavy atom. The number of amides is 1. The van der Waals surface area contributed by atoms with Crippen LogP contribution in [0.25, 0.3) is 0 Å². The van der Waals surface area contributed by atoms with Crippen LogP contribution >= 0.6 is 0 Å². The van der Waals surface area contributed by atoms with E-state index in [4.69, 9.17) is 16.2 Å². The maximum atomic E-state index is 12.1. The molecule has 0 aliphatic rings. The fraction of sp³-hybridized carbons (Fsp3) is 0.350. The van der Waals surface area contributed by atoms with Gasteiger partial charge in [-0.15, -0.1) is 0 Å². The van der Waals surface area contributed by atoms with Crippen LogP contribution in [0.1, 0.15) is 36.9 Å². The number of hydrogen-bond donors (Lipinski definition) is 3. The van der Waals surface area contributed by atoms with Crippen molar-refractivity contribution in [3.8, 4) is 5.75 Å². The first-order valence-corrected chi connectivity index (χ1v) is 8.63. The van der Waals surface area contributed by atoms with Crippen LogP contribution in [0.5, 0.6) is 5.75 Å². The summed E-state index contributed by atoms with van der Waals surface area (Å²) in [6, 6.07) is 17.1. The van der Waals surface area contributed by atoms with Crippen molar-refractivity contribution in [1.29, 1.82) is 0 Å². The van der Waals surface area contributed by atoms with Crippen molar-refractivity contribution in [1.82, 2.24) is 5.32 Å². The molecule has 2 atom stereocenters. The van der Waals surface area contributed by atoms with Gasteiger partial charge in [-0.1, -0.05) is 42.5 Å². The molecule has 0 radical (unpaired) electrons. The molecule has 2 rings (SSSR count). The van der Waals surface area contributed by atoms with Gasteiger partial charge >= 0.3 is 0 Å². The topological polar surface area (TPSA) is 90.4 Å². The minimum Gasteiger partial charge on any atom is -0.489 e. The maximum absolute atomic E-state index is 12.1. The van der Waals surface area contributed by atoms with E-state index in [-0.39, 0.29) is 11.9 Å². The van der Waals surface area contributed by atoms with Crippen LogP contribution in [-0.4, -0.2) is 18.5 Å². The summed E-state index contributed by atoms with van der Waals surface area (Å²) in [5, 5.41) is 2.94. The Balaban J connectivity index is 1.85. The molecule has 0 fully saturated rings. The second-order valence-corrected chi connectivity index (χ2v) is 6.11. The number of hydrogen-bond acceptors (Lipinski definition) is 4. The van der Waals surface area contributed by atoms with Gasteiger partial charge in [-0.05, 0) is 49.6 Å². The van der Waals surface area contributed by atoms with Crippen LogP contribution in [0.15, 0.2) is 54.6 Å². The lowest BCUT2D eigenvalue weighted by molar-refractivity contribution is -0.123. The molecule has 0 spiro atoms. The van der Waals surface area contributed by atoms with Crippen molar-refractivity contribution < 1.29 is 9.53 Å². The molecule has 0 aromatic heterocycles. The lowest BCUT2D eigenvalue weighted by Gasteiger charge is -2.18. The highest BCUT2D eigenvalue weighted by Crippen LogP contribution is 2.19. The third kappa shape index (κ3) is 6.21. The van der Waals surface area contributed by atoms with E-state index in [1.165, 1.54) is 0 Å². The van der Waals surface area contributed by atoms with Gasteiger partial charge in [-0.2, -0.15) is 0 Å². The van der Waals surface area contributed by atoms with Crippen LogP contribution in [0.4, 0.5) is 0 Å². The van der Waals surface area contributed by atoms with E-state index in [0.29, 0.717) is 19.6 Å². The molecule has 0 saturated heterocycles. The molecule has 0 bridgehead atoms. The number of rotatable bonds is 9. The van der Waals surface area contributed by atoms with Crippen LogP contribution in [0.3, 0.4) is 0 Å². The van der Waals surface area contributed by atoms with Crippen molar-refractivity contribution >= 4 is 5.91 Å². The second-order valence-electron chi connectivity index (χ2n) is 6.11.